The minimum Gasteiger partial charge on any atom is -0.489 e. The summed E-state index contributed by atoms with van der Waals surface area (Å²) in [6.45, 7) is 2.59. The minimum atomic E-state index is -3.79. The zero-order chi connectivity index (χ0) is 19.9. The fourth-order valence-electron chi connectivity index (χ4n) is 3.90. The van der Waals surface area contributed by atoms with Crippen molar-refractivity contribution in [1.82, 2.24) is 4.31 Å². The number of hydrogen-bond acceptors (Lipinski definition) is 4. The maximum absolute atomic E-state index is 13.6. The maximum atomic E-state index is 13.6. The molecule has 148 valence electrons. The second kappa shape index (κ2) is 7.18. The molecule has 0 spiro atoms. The van der Waals surface area contributed by atoms with Crippen molar-refractivity contribution in [3.8, 4) is 5.75 Å². The topological polar surface area (TPSA) is 66.9 Å². The average Bonchev–Trinajstić information content (AvgIpc) is 3.17. The maximum Gasteiger partial charge on any atom is 0.243 e. The smallest absolute Gasteiger partial charge is 0.243 e. The van der Waals surface area contributed by atoms with Crippen LogP contribution in [0.4, 0.5) is 10.1 Å². The molecule has 4 rings (SSSR count). The molecule has 1 amide bonds. The molecule has 0 radical (unpaired) electrons. The molecular formula is C20H21FN2O4S. The molecule has 2 heterocycles. The van der Waals surface area contributed by atoms with Crippen LogP contribution in [0, 0.1) is 5.82 Å². The molecule has 0 N–H and O–H groups in total. The van der Waals surface area contributed by atoms with E-state index >= 15 is 0 Å². The van der Waals surface area contributed by atoms with Gasteiger partial charge in [0.25, 0.3) is 0 Å². The van der Waals surface area contributed by atoms with Gasteiger partial charge in [-0.25, -0.2) is 12.8 Å². The van der Waals surface area contributed by atoms with Crippen molar-refractivity contribution in [2.24, 2.45) is 0 Å². The number of halogens is 1. The molecule has 1 saturated heterocycles. The number of ether oxygens (including phenoxy) is 1. The van der Waals surface area contributed by atoms with E-state index < -0.39 is 16.1 Å². The Balaban J connectivity index is 1.69. The van der Waals surface area contributed by atoms with Crippen LogP contribution in [0.25, 0.3) is 0 Å². The van der Waals surface area contributed by atoms with Crippen LogP contribution in [0.15, 0.2) is 47.4 Å². The van der Waals surface area contributed by atoms with Gasteiger partial charge in [-0.15, -0.1) is 0 Å². The molecule has 1 atom stereocenters. The molecule has 2 aliphatic rings. The molecule has 2 aromatic carbocycles. The second-order valence-corrected chi connectivity index (χ2v) is 8.87. The highest BCUT2D eigenvalue weighted by Crippen LogP contribution is 2.39. The van der Waals surface area contributed by atoms with Gasteiger partial charge in [-0.3, -0.25) is 4.79 Å². The van der Waals surface area contributed by atoms with Crippen LogP contribution in [-0.4, -0.2) is 38.3 Å². The number of rotatable bonds is 3. The van der Waals surface area contributed by atoms with Gasteiger partial charge in [0.2, 0.25) is 15.9 Å². The van der Waals surface area contributed by atoms with Crippen molar-refractivity contribution < 1.29 is 22.3 Å². The Bertz CT molecular complexity index is 1020. The predicted octanol–water partition coefficient (Wildman–Crippen LogP) is 3.10. The number of amides is 1. The number of sulfonamides is 1. The van der Waals surface area contributed by atoms with Crippen LogP contribution in [0.3, 0.4) is 0 Å². The minimum absolute atomic E-state index is 0.111. The standard InChI is InChI=1S/C20H21FN2O4S/c1-14(24)22-10-11-27-20-13-17(7-8-19(20)22)28(25,26)23-9-3-6-18(23)15-4-2-5-16(21)12-15/h2,4-5,7-8,12-13,18H,3,6,9-11H2,1H3. The van der Waals surface area contributed by atoms with Crippen LogP contribution < -0.4 is 9.64 Å². The molecule has 6 nitrogen and oxygen atoms in total. The fourth-order valence-corrected chi connectivity index (χ4v) is 5.60. The van der Waals surface area contributed by atoms with Crippen LogP contribution in [0.1, 0.15) is 31.4 Å². The summed E-state index contributed by atoms with van der Waals surface area (Å²) in [4.78, 5) is 13.5. The zero-order valence-corrected chi connectivity index (χ0v) is 16.3. The van der Waals surface area contributed by atoms with Crippen molar-refractivity contribution in [3.63, 3.8) is 0 Å². The van der Waals surface area contributed by atoms with Gasteiger partial charge in [0.05, 0.1) is 23.2 Å². The Labute approximate surface area is 163 Å². The Hall–Kier alpha value is -2.45. The number of hydrogen-bond donors (Lipinski definition) is 0. The first-order valence-electron chi connectivity index (χ1n) is 9.20. The van der Waals surface area contributed by atoms with Crippen molar-refractivity contribution in [2.75, 3.05) is 24.6 Å². The molecule has 2 aliphatic heterocycles. The van der Waals surface area contributed by atoms with E-state index in [1.54, 1.807) is 23.1 Å². The number of nitrogens with zero attached hydrogens (tertiary/aromatic N) is 2. The van der Waals surface area contributed by atoms with Gasteiger partial charge in [-0.2, -0.15) is 4.31 Å². The van der Waals surface area contributed by atoms with Crippen molar-refractivity contribution in [3.05, 3.63) is 53.8 Å². The largest absolute Gasteiger partial charge is 0.489 e. The highest BCUT2D eigenvalue weighted by molar-refractivity contribution is 7.89. The van der Waals surface area contributed by atoms with Crippen LogP contribution in [0.5, 0.6) is 5.75 Å². The van der Waals surface area contributed by atoms with Gasteiger partial charge in [0.15, 0.2) is 0 Å². The van der Waals surface area contributed by atoms with E-state index in [4.69, 9.17) is 4.74 Å². The second-order valence-electron chi connectivity index (χ2n) is 6.98. The molecule has 0 aliphatic carbocycles. The Kier molecular flexibility index (Phi) is 4.84. The van der Waals surface area contributed by atoms with E-state index in [1.165, 1.54) is 35.5 Å². The highest BCUT2D eigenvalue weighted by Gasteiger charge is 2.37. The summed E-state index contributed by atoms with van der Waals surface area (Å²) in [7, 11) is -3.79. The molecule has 1 unspecified atom stereocenters. The molecule has 1 fully saturated rings. The van der Waals surface area contributed by atoms with E-state index in [-0.39, 0.29) is 16.6 Å². The Morgan fingerprint density at radius 1 is 1.18 bits per heavy atom. The van der Waals surface area contributed by atoms with Gasteiger partial charge < -0.3 is 9.64 Å². The molecule has 2 aromatic rings. The monoisotopic (exact) mass is 404 g/mol. The lowest BCUT2D eigenvalue weighted by molar-refractivity contribution is -0.116. The first-order valence-corrected chi connectivity index (χ1v) is 10.6. The lowest BCUT2D eigenvalue weighted by atomic mass is 10.1. The van der Waals surface area contributed by atoms with E-state index in [2.05, 4.69) is 0 Å². The molecule has 0 bridgehead atoms. The molecule has 28 heavy (non-hydrogen) atoms. The van der Waals surface area contributed by atoms with Gasteiger partial charge >= 0.3 is 0 Å². The SMILES string of the molecule is CC(=O)N1CCOc2cc(S(=O)(=O)N3CCCC3c3cccc(F)c3)ccc21. The number of anilines is 1. The van der Waals surface area contributed by atoms with E-state index in [1.807, 2.05) is 0 Å². The molecule has 8 heteroatoms. The van der Waals surface area contributed by atoms with Gasteiger partial charge in [0, 0.05) is 19.5 Å². The lowest BCUT2D eigenvalue weighted by Gasteiger charge is -2.30. The summed E-state index contributed by atoms with van der Waals surface area (Å²) in [5, 5.41) is 0. The predicted molar refractivity (Wildman–Crippen MR) is 102 cm³/mol. The third kappa shape index (κ3) is 3.27. The molecule has 0 aromatic heterocycles. The third-order valence-electron chi connectivity index (χ3n) is 5.22. The Morgan fingerprint density at radius 2 is 2.00 bits per heavy atom. The Morgan fingerprint density at radius 3 is 2.75 bits per heavy atom. The van der Waals surface area contributed by atoms with Crippen LogP contribution >= 0.6 is 0 Å². The van der Waals surface area contributed by atoms with Gasteiger partial charge in [-0.05, 0) is 42.7 Å². The molecular weight excluding hydrogens is 383 g/mol. The van der Waals surface area contributed by atoms with Crippen LogP contribution in [0.2, 0.25) is 0 Å². The summed E-state index contributed by atoms with van der Waals surface area (Å²) in [6.07, 6.45) is 1.35. The van der Waals surface area contributed by atoms with Gasteiger partial charge in [0.1, 0.15) is 18.2 Å². The van der Waals surface area contributed by atoms with Crippen molar-refractivity contribution >= 4 is 21.6 Å². The van der Waals surface area contributed by atoms with Crippen LogP contribution in [-0.2, 0) is 14.8 Å². The number of fused-ring (bicyclic) bond motifs is 1. The average molecular weight is 404 g/mol. The third-order valence-corrected chi connectivity index (χ3v) is 7.12. The zero-order valence-electron chi connectivity index (χ0n) is 15.5. The fraction of sp³-hybridized carbons (Fsp3) is 0.350. The first kappa shape index (κ1) is 18.9. The summed E-state index contributed by atoms with van der Waals surface area (Å²) in [6, 6.07) is 10.3. The quantitative estimate of drug-likeness (QED) is 0.789. The highest BCUT2D eigenvalue weighted by atomic mass is 32.2. The molecule has 0 saturated carbocycles. The summed E-state index contributed by atoms with van der Waals surface area (Å²) >= 11 is 0. The van der Waals surface area contributed by atoms with E-state index in [9.17, 15) is 17.6 Å². The first-order chi connectivity index (χ1) is 13.4. The number of carbonyl (C=O) groups is 1. The van der Waals surface area contributed by atoms with Crippen molar-refractivity contribution in [2.45, 2.75) is 30.7 Å². The van der Waals surface area contributed by atoms with E-state index in [0.717, 1.165) is 0 Å². The summed E-state index contributed by atoms with van der Waals surface area (Å²) in [5.74, 6) is -0.122. The number of benzene rings is 2. The normalized spacial score (nSPS) is 19.9. The van der Waals surface area contributed by atoms with Gasteiger partial charge in [-0.1, -0.05) is 12.1 Å². The van der Waals surface area contributed by atoms with E-state index in [0.29, 0.717) is 49.5 Å². The number of carbonyl (C=O) groups excluding carboxylic acids is 1. The summed E-state index contributed by atoms with van der Waals surface area (Å²) in [5.41, 5.74) is 1.22. The summed E-state index contributed by atoms with van der Waals surface area (Å²) < 4.78 is 47.3. The van der Waals surface area contributed by atoms with Crippen molar-refractivity contribution in [1.29, 1.82) is 0 Å². The lowest BCUT2D eigenvalue weighted by Crippen LogP contribution is -2.36.